The van der Waals surface area contributed by atoms with Crippen molar-refractivity contribution in [2.24, 2.45) is 0 Å². The molecule has 0 bridgehead atoms. The number of aromatic nitrogens is 3. The van der Waals surface area contributed by atoms with Crippen LogP contribution in [0.2, 0.25) is 0 Å². The summed E-state index contributed by atoms with van der Waals surface area (Å²) in [4.78, 5) is 12.5. The van der Waals surface area contributed by atoms with Crippen molar-refractivity contribution in [1.29, 1.82) is 5.26 Å². The third-order valence-electron chi connectivity index (χ3n) is 5.38. The van der Waals surface area contributed by atoms with E-state index in [4.69, 9.17) is 0 Å². The van der Waals surface area contributed by atoms with E-state index >= 15 is 0 Å². The van der Waals surface area contributed by atoms with E-state index in [-0.39, 0.29) is 17.5 Å². The molecule has 0 spiro atoms. The lowest BCUT2D eigenvalue weighted by atomic mass is 10.0. The molecule has 6 nitrogen and oxygen atoms in total. The molecule has 0 radical (unpaired) electrons. The summed E-state index contributed by atoms with van der Waals surface area (Å²) in [7, 11) is 0. The zero-order valence-electron chi connectivity index (χ0n) is 16.9. The Balaban J connectivity index is 1.54. The lowest BCUT2D eigenvalue weighted by molar-refractivity contribution is -0.119. The molecule has 1 saturated carbocycles. The van der Waals surface area contributed by atoms with Gasteiger partial charge in [0.15, 0.2) is 11.0 Å². The predicted molar refractivity (Wildman–Crippen MR) is 117 cm³/mol. The van der Waals surface area contributed by atoms with Crippen molar-refractivity contribution in [3.05, 3.63) is 66.0 Å². The van der Waals surface area contributed by atoms with Crippen LogP contribution in [0.5, 0.6) is 0 Å². The minimum Gasteiger partial charge on any atom is -0.337 e. The van der Waals surface area contributed by atoms with Crippen LogP contribution in [0, 0.1) is 17.1 Å². The van der Waals surface area contributed by atoms with Gasteiger partial charge in [-0.1, -0.05) is 42.1 Å². The van der Waals surface area contributed by atoms with Gasteiger partial charge in [-0.15, -0.1) is 10.2 Å². The lowest BCUT2D eigenvalue weighted by Gasteiger charge is -2.21. The van der Waals surface area contributed by atoms with Gasteiger partial charge in [0.05, 0.1) is 18.4 Å². The summed E-state index contributed by atoms with van der Waals surface area (Å²) in [6, 6.07) is 18.3. The quantitative estimate of drug-likeness (QED) is 0.563. The van der Waals surface area contributed by atoms with Crippen molar-refractivity contribution >= 4 is 17.7 Å². The summed E-state index contributed by atoms with van der Waals surface area (Å²) >= 11 is 1.28. The van der Waals surface area contributed by atoms with Crippen LogP contribution in [0.1, 0.15) is 31.2 Å². The van der Waals surface area contributed by atoms with Crippen LogP contribution in [0.25, 0.3) is 11.4 Å². The van der Waals surface area contributed by atoms with Crippen molar-refractivity contribution in [1.82, 2.24) is 20.1 Å². The van der Waals surface area contributed by atoms with E-state index in [1.807, 2.05) is 34.9 Å². The fourth-order valence-corrected chi connectivity index (χ4v) is 4.53. The lowest BCUT2D eigenvalue weighted by Crippen LogP contribution is -2.45. The molecular formula is C23H22FN5OS. The van der Waals surface area contributed by atoms with Gasteiger partial charge >= 0.3 is 0 Å². The molecule has 158 valence electrons. The Labute approximate surface area is 184 Å². The highest BCUT2D eigenvalue weighted by Crippen LogP contribution is 2.30. The number of rotatable bonds is 7. The first-order valence-electron chi connectivity index (χ1n) is 10.2. The maximum atomic E-state index is 13.4. The summed E-state index contributed by atoms with van der Waals surface area (Å²) in [5.41, 5.74) is 1.07. The van der Waals surface area contributed by atoms with Gasteiger partial charge in [0.2, 0.25) is 5.91 Å². The first kappa shape index (κ1) is 21.1. The fraction of sp³-hybridized carbons (Fsp3) is 0.304. The highest BCUT2D eigenvalue weighted by atomic mass is 32.2. The maximum Gasteiger partial charge on any atom is 0.231 e. The topological polar surface area (TPSA) is 83.6 Å². The Morgan fingerprint density at radius 1 is 1.13 bits per heavy atom. The van der Waals surface area contributed by atoms with Gasteiger partial charge in [-0.25, -0.2) is 4.39 Å². The Bertz CT molecular complexity index is 1090. The van der Waals surface area contributed by atoms with Gasteiger partial charge in [-0.3, -0.25) is 9.36 Å². The molecule has 1 aromatic heterocycles. The number of hydrogen-bond acceptors (Lipinski definition) is 5. The monoisotopic (exact) mass is 435 g/mol. The normalized spacial score (nSPS) is 14.8. The van der Waals surface area contributed by atoms with E-state index in [2.05, 4.69) is 21.6 Å². The highest BCUT2D eigenvalue weighted by Gasteiger charge is 2.35. The second-order valence-corrected chi connectivity index (χ2v) is 8.57. The van der Waals surface area contributed by atoms with Crippen LogP contribution in [0.4, 0.5) is 4.39 Å². The largest absolute Gasteiger partial charge is 0.337 e. The Morgan fingerprint density at radius 3 is 2.52 bits per heavy atom. The Morgan fingerprint density at radius 2 is 1.84 bits per heavy atom. The molecule has 2 aromatic carbocycles. The van der Waals surface area contributed by atoms with Crippen LogP contribution in [-0.4, -0.2) is 32.0 Å². The number of hydrogen-bond donors (Lipinski definition) is 1. The SMILES string of the molecule is N#CC1(NC(=O)CSc2nnc(-c3ccc(F)cc3)n2Cc2ccccc2)CCCC1. The minimum atomic E-state index is -0.741. The van der Waals surface area contributed by atoms with E-state index in [1.165, 1.54) is 23.9 Å². The fourth-order valence-electron chi connectivity index (χ4n) is 3.79. The molecule has 1 fully saturated rings. The van der Waals surface area contributed by atoms with Gasteiger partial charge in [0.1, 0.15) is 11.4 Å². The molecule has 0 aliphatic heterocycles. The molecule has 1 aliphatic rings. The molecule has 1 heterocycles. The van der Waals surface area contributed by atoms with Gasteiger partial charge in [-0.2, -0.15) is 5.26 Å². The molecule has 0 atom stereocenters. The number of nitriles is 1. The number of thioether (sulfide) groups is 1. The summed E-state index contributed by atoms with van der Waals surface area (Å²) < 4.78 is 15.3. The van der Waals surface area contributed by atoms with Crippen molar-refractivity contribution in [3.8, 4) is 17.5 Å². The number of carbonyl (C=O) groups excluding carboxylic acids is 1. The average molecular weight is 436 g/mol. The van der Waals surface area contributed by atoms with E-state index in [0.29, 0.717) is 30.4 Å². The van der Waals surface area contributed by atoms with Crippen molar-refractivity contribution in [2.75, 3.05) is 5.75 Å². The van der Waals surface area contributed by atoms with Crippen LogP contribution in [0.15, 0.2) is 59.8 Å². The first-order chi connectivity index (χ1) is 15.1. The zero-order chi connectivity index (χ0) is 21.7. The van der Waals surface area contributed by atoms with Crippen molar-refractivity contribution in [2.45, 2.75) is 42.9 Å². The van der Waals surface area contributed by atoms with E-state index < -0.39 is 5.54 Å². The average Bonchev–Trinajstić information content (AvgIpc) is 3.41. The molecule has 4 rings (SSSR count). The third-order valence-corrected chi connectivity index (χ3v) is 6.35. The van der Waals surface area contributed by atoms with Crippen molar-refractivity contribution < 1.29 is 9.18 Å². The van der Waals surface area contributed by atoms with Crippen molar-refractivity contribution in [3.63, 3.8) is 0 Å². The second kappa shape index (κ2) is 9.31. The number of benzene rings is 2. The summed E-state index contributed by atoms with van der Waals surface area (Å²) in [5, 5.41) is 21.6. The maximum absolute atomic E-state index is 13.4. The van der Waals surface area contributed by atoms with Crippen LogP contribution in [-0.2, 0) is 11.3 Å². The summed E-state index contributed by atoms with van der Waals surface area (Å²) in [6.45, 7) is 0.520. The van der Waals surface area contributed by atoms with Crippen LogP contribution in [0.3, 0.4) is 0 Å². The summed E-state index contributed by atoms with van der Waals surface area (Å²) in [5.74, 6) is 0.240. The second-order valence-electron chi connectivity index (χ2n) is 7.62. The molecule has 0 unspecified atom stereocenters. The molecule has 31 heavy (non-hydrogen) atoms. The predicted octanol–water partition coefficient (Wildman–Crippen LogP) is 4.18. The van der Waals surface area contributed by atoms with Crippen LogP contribution >= 0.6 is 11.8 Å². The first-order valence-corrected chi connectivity index (χ1v) is 11.2. The van der Waals surface area contributed by atoms with Gasteiger partial charge in [0, 0.05) is 5.56 Å². The molecule has 3 aromatic rings. The molecule has 0 saturated heterocycles. The molecule has 1 N–H and O–H groups in total. The summed E-state index contributed by atoms with van der Waals surface area (Å²) in [6.07, 6.45) is 3.29. The number of halogens is 1. The highest BCUT2D eigenvalue weighted by molar-refractivity contribution is 7.99. The Hall–Kier alpha value is -3.18. The number of carbonyl (C=O) groups is 1. The third kappa shape index (κ3) is 4.94. The number of nitrogens with zero attached hydrogens (tertiary/aromatic N) is 4. The standard InChI is InChI=1S/C23H22FN5OS/c24-19-10-8-18(9-11-19)21-27-28-22(29(21)14-17-6-2-1-3-7-17)31-15-20(30)26-23(16-25)12-4-5-13-23/h1-3,6-11H,4-5,12-15H2,(H,26,30). The van der Waals surface area contributed by atoms with E-state index in [1.54, 1.807) is 12.1 Å². The van der Waals surface area contributed by atoms with Gasteiger partial charge < -0.3 is 5.32 Å². The van der Waals surface area contributed by atoms with Crippen LogP contribution < -0.4 is 5.32 Å². The minimum absolute atomic E-state index is 0.139. The zero-order valence-corrected chi connectivity index (χ0v) is 17.7. The van der Waals surface area contributed by atoms with E-state index in [0.717, 1.165) is 24.0 Å². The number of amides is 1. The molecule has 1 amide bonds. The molecule has 8 heteroatoms. The smallest absolute Gasteiger partial charge is 0.231 e. The van der Waals surface area contributed by atoms with Gasteiger partial charge in [-0.05, 0) is 55.5 Å². The molecule has 1 aliphatic carbocycles. The number of nitrogens with one attached hydrogen (secondary N) is 1. The Kier molecular flexibility index (Phi) is 6.33. The van der Waals surface area contributed by atoms with Gasteiger partial charge in [0.25, 0.3) is 0 Å². The molecular weight excluding hydrogens is 413 g/mol. The van der Waals surface area contributed by atoms with E-state index in [9.17, 15) is 14.4 Å².